The number of rotatable bonds is 7. The Bertz CT molecular complexity index is 663. The third-order valence-corrected chi connectivity index (χ3v) is 6.08. The number of aryl methyl sites for hydroxylation is 1. The lowest BCUT2D eigenvalue weighted by Crippen LogP contribution is -2.48. The van der Waals surface area contributed by atoms with E-state index in [1.54, 1.807) is 4.68 Å². The quantitative estimate of drug-likeness (QED) is 0.721. The molecule has 0 spiro atoms. The second-order valence-corrected chi connectivity index (χ2v) is 9.17. The molecule has 1 aromatic rings. The first-order valence-electron chi connectivity index (χ1n) is 11.0. The van der Waals surface area contributed by atoms with Crippen LogP contribution in [0, 0.1) is 17.8 Å². The van der Waals surface area contributed by atoms with E-state index in [-0.39, 0.29) is 17.7 Å². The van der Waals surface area contributed by atoms with E-state index in [2.05, 4.69) is 18.9 Å². The highest BCUT2D eigenvalue weighted by Crippen LogP contribution is 2.28. The van der Waals surface area contributed by atoms with Gasteiger partial charge in [0, 0.05) is 51.4 Å². The SMILES string of the molecule is CC(C)CN(Cc1cnn(C)c1)C(=O)[C@@H]1CCC(=O)N(CC2CCCCC2)C1. The fraction of sp³-hybridized carbons (Fsp3) is 0.773. The average Bonchev–Trinajstić information content (AvgIpc) is 3.08. The van der Waals surface area contributed by atoms with Crippen LogP contribution in [-0.2, 0) is 23.2 Å². The molecule has 0 bridgehead atoms. The van der Waals surface area contributed by atoms with Gasteiger partial charge < -0.3 is 9.80 Å². The summed E-state index contributed by atoms with van der Waals surface area (Å²) in [4.78, 5) is 29.8. The maximum atomic E-state index is 13.4. The Balaban J connectivity index is 1.64. The first kappa shape index (κ1) is 20.9. The van der Waals surface area contributed by atoms with Crippen molar-refractivity contribution in [2.24, 2.45) is 24.8 Å². The minimum atomic E-state index is -0.0725. The summed E-state index contributed by atoms with van der Waals surface area (Å²) in [5, 5.41) is 4.23. The van der Waals surface area contributed by atoms with Crippen LogP contribution in [0.1, 0.15) is 64.4 Å². The van der Waals surface area contributed by atoms with E-state index >= 15 is 0 Å². The molecule has 0 radical (unpaired) electrons. The zero-order valence-electron chi connectivity index (χ0n) is 17.8. The third-order valence-electron chi connectivity index (χ3n) is 6.08. The first-order valence-corrected chi connectivity index (χ1v) is 11.0. The van der Waals surface area contributed by atoms with Crippen molar-refractivity contribution in [2.45, 2.75) is 65.3 Å². The fourth-order valence-corrected chi connectivity index (χ4v) is 4.68. The topological polar surface area (TPSA) is 58.4 Å². The second kappa shape index (κ2) is 9.57. The van der Waals surface area contributed by atoms with Crippen molar-refractivity contribution >= 4 is 11.8 Å². The molecule has 1 aliphatic carbocycles. The number of nitrogens with zero attached hydrogens (tertiary/aromatic N) is 4. The van der Waals surface area contributed by atoms with Gasteiger partial charge in [-0.05, 0) is 31.1 Å². The van der Waals surface area contributed by atoms with Crippen molar-refractivity contribution in [1.29, 1.82) is 0 Å². The molecule has 2 fully saturated rings. The molecule has 2 amide bonds. The van der Waals surface area contributed by atoms with E-state index < -0.39 is 0 Å². The molecule has 1 atom stereocenters. The van der Waals surface area contributed by atoms with Gasteiger partial charge >= 0.3 is 0 Å². The van der Waals surface area contributed by atoms with Crippen LogP contribution in [0.4, 0.5) is 0 Å². The van der Waals surface area contributed by atoms with Crippen LogP contribution in [0.5, 0.6) is 0 Å². The van der Waals surface area contributed by atoms with Gasteiger partial charge in [-0.2, -0.15) is 5.10 Å². The molecule has 28 heavy (non-hydrogen) atoms. The molecule has 6 heteroatoms. The Kier molecular flexibility index (Phi) is 7.13. The summed E-state index contributed by atoms with van der Waals surface area (Å²) in [6.07, 6.45) is 11.3. The second-order valence-electron chi connectivity index (χ2n) is 9.17. The summed E-state index contributed by atoms with van der Waals surface area (Å²) in [6.45, 7) is 7.05. The minimum Gasteiger partial charge on any atom is -0.342 e. The van der Waals surface area contributed by atoms with E-state index in [1.807, 2.05) is 29.2 Å². The molecule has 2 heterocycles. The van der Waals surface area contributed by atoms with Gasteiger partial charge in [0.05, 0.1) is 12.1 Å². The Morgan fingerprint density at radius 3 is 2.64 bits per heavy atom. The molecule has 1 aromatic heterocycles. The monoisotopic (exact) mass is 388 g/mol. The van der Waals surface area contributed by atoms with Crippen LogP contribution in [0.3, 0.4) is 0 Å². The van der Waals surface area contributed by atoms with Crippen LogP contribution in [0.15, 0.2) is 12.4 Å². The van der Waals surface area contributed by atoms with Gasteiger partial charge in [0.1, 0.15) is 0 Å². The van der Waals surface area contributed by atoms with Gasteiger partial charge in [0.2, 0.25) is 11.8 Å². The summed E-state index contributed by atoms with van der Waals surface area (Å²) < 4.78 is 1.78. The van der Waals surface area contributed by atoms with Crippen molar-refractivity contribution in [3.63, 3.8) is 0 Å². The predicted molar refractivity (Wildman–Crippen MR) is 109 cm³/mol. The molecule has 1 aliphatic heterocycles. The number of hydrogen-bond donors (Lipinski definition) is 0. The largest absolute Gasteiger partial charge is 0.342 e. The van der Waals surface area contributed by atoms with Crippen LogP contribution < -0.4 is 0 Å². The van der Waals surface area contributed by atoms with Crippen LogP contribution >= 0.6 is 0 Å². The molecule has 2 aliphatic rings. The van der Waals surface area contributed by atoms with Crippen LogP contribution in [0.2, 0.25) is 0 Å². The van der Waals surface area contributed by atoms with E-state index in [0.29, 0.717) is 37.8 Å². The number of aromatic nitrogens is 2. The van der Waals surface area contributed by atoms with E-state index in [1.165, 1.54) is 32.1 Å². The molecule has 0 N–H and O–H groups in total. The summed E-state index contributed by atoms with van der Waals surface area (Å²) in [5.41, 5.74) is 1.06. The standard InChI is InChI=1S/C22H36N4O2/c1-17(2)12-26(15-19-11-23-24(3)13-19)22(28)20-9-10-21(27)25(16-20)14-18-7-5-4-6-8-18/h11,13,17-18,20H,4-10,12,14-16H2,1-3H3/t20-/m1/s1. The van der Waals surface area contributed by atoms with Crippen molar-refractivity contribution in [1.82, 2.24) is 19.6 Å². The zero-order chi connectivity index (χ0) is 20.1. The Morgan fingerprint density at radius 2 is 2.00 bits per heavy atom. The lowest BCUT2D eigenvalue weighted by Gasteiger charge is -2.37. The van der Waals surface area contributed by atoms with Crippen molar-refractivity contribution in [2.75, 3.05) is 19.6 Å². The van der Waals surface area contributed by atoms with E-state index in [0.717, 1.165) is 18.7 Å². The van der Waals surface area contributed by atoms with Gasteiger partial charge in [-0.1, -0.05) is 33.1 Å². The van der Waals surface area contributed by atoms with Gasteiger partial charge in [0.15, 0.2) is 0 Å². The van der Waals surface area contributed by atoms with Gasteiger partial charge in [0.25, 0.3) is 0 Å². The number of carbonyl (C=O) groups excluding carboxylic acids is 2. The highest BCUT2D eigenvalue weighted by molar-refractivity contribution is 5.84. The minimum absolute atomic E-state index is 0.0725. The molecule has 1 saturated carbocycles. The molecule has 1 saturated heterocycles. The summed E-state index contributed by atoms with van der Waals surface area (Å²) >= 11 is 0. The van der Waals surface area contributed by atoms with Crippen molar-refractivity contribution < 1.29 is 9.59 Å². The Morgan fingerprint density at radius 1 is 1.25 bits per heavy atom. The van der Waals surface area contributed by atoms with E-state index in [4.69, 9.17) is 0 Å². The highest BCUT2D eigenvalue weighted by atomic mass is 16.2. The summed E-state index contributed by atoms with van der Waals surface area (Å²) in [5.74, 6) is 1.38. The number of amides is 2. The zero-order valence-corrected chi connectivity index (χ0v) is 17.8. The molecular weight excluding hydrogens is 352 g/mol. The third kappa shape index (κ3) is 5.58. The summed E-state index contributed by atoms with van der Waals surface area (Å²) in [6, 6.07) is 0. The highest BCUT2D eigenvalue weighted by Gasteiger charge is 2.34. The van der Waals surface area contributed by atoms with Crippen LogP contribution in [-0.4, -0.2) is 51.0 Å². The van der Waals surface area contributed by atoms with Gasteiger partial charge in [-0.3, -0.25) is 14.3 Å². The number of likely N-dealkylation sites (tertiary alicyclic amines) is 1. The van der Waals surface area contributed by atoms with E-state index in [9.17, 15) is 9.59 Å². The predicted octanol–water partition coefficient (Wildman–Crippen LogP) is 3.22. The summed E-state index contributed by atoms with van der Waals surface area (Å²) in [7, 11) is 1.90. The number of carbonyl (C=O) groups is 2. The lowest BCUT2D eigenvalue weighted by atomic mass is 9.87. The van der Waals surface area contributed by atoms with Gasteiger partial charge in [-0.15, -0.1) is 0 Å². The Hall–Kier alpha value is -1.85. The van der Waals surface area contributed by atoms with Crippen molar-refractivity contribution in [3.05, 3.63) is 18.0 Å². The van der Waals surface area contributed by atoms with Crippen molar-refractivity contribution in [3.8, 4) is 0 Å². The van der Waals surface area contributed by atoms with Crippen LogP contribution in [0.25, 0.3) is 0 Å². The molecule has 0 unspecified atom stereocenters. The molecule has 3 rings (SSSR count). The number of piperidine rings is 1. The average molecular weight is 389 g/mol. The molecule has 0 aromatic carbocycles. The molecule has 6 nitrogen and oxygen atoms in total. The Labute approximate surface area is 169 Å². The lowest BCUT2D eigenvalue weighted by molar-refractivity contribution is -0.144. The molecular formula is C22H36N4O2. The maximum Gasteiger partial charge on any atom is 0.227 e. The maximum absolute atomic E-state index is 13.4. The normalized spacial score (nSPS) is 21.4. The fourth-order valence-electron chi connectivity index (χ4n) is 4.68. The molecule has 156 valence electrons. The smallest absolute Gasteiger partial charge is 0.227 e. The van der Waals surface area contributed by atoms with Gasteiger partial charge in [-0.25, -0.2) is 0 Å². The first-order chi connectivity index (χ1) is 13.4. The number of hydrogen-bond acceptors (Lipinski definition) is 3.